The highest BCUT2D eigenvalue weighted by atomic mass is 35.5. The zero-order valence-corrected chi connectivity index (χ0v) is 16.1. The number of carbonyl (C=O) groups is 2. The average molecular weight is 375 g/mol. The van der Waals surface area contributed by atoms with Crippen LogP contribution in [0.4, 0.5) is 5.69 Å². The van der Waals surface area contributed by atoms with Crippen molar-refractivity contribution in [2.24, 2.45) is 0 Å². The standard InChI is InChI=1S/C20H24ClN3O2/c1-14-7-6-8-15(2)20(14)23-19(26)13-24(3)12-18(25)22-11-16-9-4-5-10-17(16)21/h4-10H,11-13H2,1-3H3,(H,22,25)(H,23,26)/p+1. The summed E-state index contributed by atoms with van der Waals surface area (Å²) in [6, 6.07) is 13.3. The van der Waals surface area contributed by atoms with Crippen LogP contribution in [0.2, 0.25) is 5.02 Å². The Balaban J connectivity index is 1.80. The molecule has 0 radical (unpaired) electrons. The maximum Gasteiger partial charge on any atom is 0.279 e. The summed E-state index contributed by atoms with van der Waals surface area (Å²) in [4.78, 5) is 25.1. The van der Waals surface area contributed by atoms with Crippen molar-refractivity contribution in [2.45, 2.75) is 20.4 Å². The van der Waals surface area contributed by atoms with E-state index in [9.17, 15) is 9.59 Å². The van der Waals surface area contributed by atoms with Crippen LogP contribution in [-0.2, 0) is 16.1 Å². The molecule has 2 rings (SSSR count). The Morgan fingerprint density at radius 2 is 1.58 bits per heavy atom. The molecule has 0 bridgehead atoms. The number of halogens is 1. The van der Waals surface area contributed by atoms with Crippen molar-refractivity contribution in [2.75, 3.05) is 25.5 Å². The first kappa shape index (κ1) is 19.9. The number of hydrogen-bond acceptors (Lipinski definition) is 2. The van der Waals surface area contributed by atoms with E-state index in [1.807, 2.05) is 57.3 Å². The van der Waals surface area contributed by atoms with Crippen LogP contribution in [-0.4, -0.2) is 32.0 Å². The summed E-state index contributed by atoms with van der Waals surface area (Å²) in [7, 11) is 1.82. The molecular formula is C20H25ClN3O2+. The third-order valence-electron chi connectivity index (χ3n) is 4.10. The molecule has 0 aromatic heterocycles. The van der Waals surface area contributed by atoms with Crippen molar-refractivity contribution in [3.05, 3.63) is 64.2 Å². The van der Waals surface area contributed by atoms with Crippen molar-refractivity contribution >= 4 is 29.1 Å². The van der Waals surface area contributed by atoms with E-state index in [1.165, 1.54) is 0 Å². The SMILES string of the molecule is Cc1cccc(C)c1NC(=O)C[NH+](C)CC(=O)NCc1ccccc1Cl. The van der Waals surface area contributed by atoms with Crippen LogP contribution >= 0.6 is 11.6 Å². The molecule has 3 N–H and O–H groups in total. The van der Waals surface area contributed by atoms with Gasteiger partial charge in [-0.3, -0.25) is 9.59 Å². The van der Waals surface area contributed by atoms with Crippen LogP contribution in [0, 0.1) is 13.8 Å². The maximum absolute atomic E-state index is 12.3. The Morgan fingerprint density at radius 1 is 0.962 bits per heavy atom. The van der Waals surface area contributed by atoms with Gasteiger partial charge in [0.2, 0.25) is 0 Å². The van der Waals surface area contributed by atoms with Gasteiger partial charge in [-0.15, -0.1) is 0 Å². The predicted molar refractivity (Wildman–Crippen MR) is 104 cm³/mol. The summed E-state index contributed by atoms with van der Waals surface area (Å²) in [5.41, 5.74) is 3.75. The summed E-state index contributed by atoms with van der Waals surface area (Å²) in [6.45, 7) is 4.72. The fourth-order valence-corrected chi connectivity index (χ4v) is 2.91. The number of benzene rings is 2. The fraction of sp³-hybridized carbons (Fsp3) is 0.300. The second kappa shape index (κ2) is 9.36. The Bertz CT molecular complexity index is 772. The Labute approximate surface area is 159 Å². The minimum Gasteiger partial charge on any atom is -0.347 e. The normalized spacial score (nSPS) is 11.7. The van der Waals surface area contributed by atoms with Gasteiger partial charge < -0.3 is 15.5 Å². The Morgan fingerprint density at radius 3 is 2.23 bits per heavy atom. The largest absolute Gasteiger partial charge is 0.347 e. The van der Waals surface area contributed by atoms with Crippen LogP contribution in [0.25, 0.3) is 0 Å². The van der Waals surface area contributed by atoms with E-state index < -0.39 is 0 Å². The highest BCUT2D eigenvalue weighted by molar-refractivity contribution is 6.31. The second-order valence-corrected chi connectivity index (χ2v) is 6.90. The fourth-order valence-electron chi connectivity index (χ4n) is 2.70. The second-order valence-electron chi connectivity index (χ2n) is 6.49. The van der Waals surface area contributed by atoms with E-state index in [0.717, 1.165) is 27.3 Å². The van der Waals surface area contributed by atoms with Gasteiger partial charge in [-0.05, 0) is 36.6 Å². The summed E-state index contributed by atoms with van der Waals surface area (Å²) in [6.07, 6.45) is 0. The predicted octanol–water partition coefficient (Wildman–Crippen LogP) is 1.73. The highest BCUT2D eigenvalue weighted by Gasteiger charge is 2.15. The van der Waals surface area contributed by atoms with Crippen molar-refractivity contribution in [3.8, 4) is 0 Å². The number of amides is 2. The summed E-state index contributed by atoms with van der Waals surface area (Å²) < 4.78 is 0. The number of para-hydroxylation sites is 1. The zero-order valence-electron chi connectivity index (χ0n) is 15.4. The molecule has 5 nitrogen and oxygen atoms in total. The van der Waals surface area contributed by atoms with Gasteiger partial charge in [0.05, 0.1) is 7.05 Å². The number of hydrogen-bond donors (Lipinski definition) is 3. The van der Waals surface area contributed by atoms with Gasteiger partial charge in [-0.1, -0.05) is 48.0 Å². The molecule has 0 aliphatic heterocycles. The van der Waals surface area contributed by atoms with Gasteiger partial charge in [-0.2, -0.15) is 0 Å². The molecule has 2 amide bonds. The van der Waals surface area contributed by atoms with Crippen LogP contribution in [0.1, 0.15) is 16.7 Å². The van der Waals surface area contributed by atoms with Crippen LogP contribution in [0.15, 0.2) is 42.5 Å². The molecule has 0 aliphatic rings. The molecule has 1 unspecified atom stereocenters. The third-order valence-corrected chi connectivity index (χ3v) is 4.47. The van der Waals surface area contributed by atoms with Crippen molar-refractivity contribution < 1.29 is 14.5 Å². The molecular weight excluding hydrogens is 350 g/mol. The zero-order chi connectivity index (χ0) is 19.1. The van der Waals surface area contributed by atoms with Crippen molar-refractivity contribution in [1.29, 1.82) is 0 Å². The third kappa shape index (κ3) is 5.86. The van der Waals surface area contributed by atoms with Gasteiger partial charge in [0.25, 0.3) is 11.8 Å². The molecule has 0 spiro atoms. The van der Waals surface area contributed by atoms with Gasteiger partial charge in [0, 0.05) is 17.3 Å². The molecule has 6 heteroatoms. The van der Waals surface area contributed by atoms with E-state index >= 15 is 0 Å². The number of carbonyl (C=O) groups excluding carboxylic acids is 2. The van der Waals surface area contributed by atoms with Gasteiger partial charge in [0.1, 0.15) is 0 Å². The highest BCUT2D eigenvalue weighted by Crippen LogP contribution is 2.18. The van der Waals surface area contributed by atoms with Gasteiger partial charge >= 0.3 is 0 Å². The smallest absolute Gasteiger partial charge is 0.279 e. The van der Waals surface area contributed by atoms with Crippen molar-refractivity contribution in [1.82, 2.24) is 5.32 Å². The number of rotatable bonds is 7. The summed E-state index contributed by atoms with van der Waals surface area (Å²) in [5, 5.41) is 6.40. The Kier molecular flexibility index (Phi) is 7.18. The molecule has 2 aromatic rings. The van der Waals surface area contributed by atoms with Crippen LogP contribution in [0.5, 0.6) is 0 Å². The van der Waals surface area contributed by atoms with E-state index in [0.29, 0.717) is 11.6 Å². The topological polar surface area (TPSA) is 62.6 Å². The minimum atomic E-state index is -0.123. The summed E-state index contributed by atoms with van der Waals surface area (Å²) in [5.74, 6) is -0.235. The molecule has 26 heavy (non-hydrogen) atoms. The lowest BCUT2D eigenvalue weighted by Crippen LogP contribution is -3.11. The lowest BCUT2D eigenvalue weighted by molar-refractivity contribution is -0.862. The lowest BCUT2D eigenvalue weighted by atomic mass is 10.1. The minimum absolute atomic E-state index is 0.112. The molecule has 0 saturated carbocycles. The Hall–Kier alpha value is -2.37. The van der Waals surface area contributed by atoms with E-state index in [1.54, 1.807) is 6.07 Å². The average Bonchev–Trinajstić information content (AvgIpc) is 2.57. The first-order chi connectivity index (χ1) is 12.4. The first-order valence-corrected chi connectivity index (χ1v) is 8.92. The number of quaternary nitrogens is 1. The molecule has 2 aromatic carbocycles. The van der Waals surface area contributed by atoms with Crippen molar-refractivity contribution in [3.63, 3.8) is 0 Å². The molecule has 138 valence electrons. The number of aryl methyl sites for hydroxylation is 2. The molecule has 1 atom stereocenters. The lowest BCUT2D eigenvalue weighted by Gasteiger charge is -2.15. The van der Waals surface area contributed by atoms with E-state index in [2.05, 4.69) is 10.6 Å². The maximum atomic E-state index is 12.3. The first-order valence-electron chi connectivity index (χ1n) is 8.54. The molecule has 0 aliphatic carbocycles. The van der Waals surface area contributed by atoms with Gasteiger partial charge in [0.15, 0.2) is 13.1 Å². The number of nitrogens with one attached hydrogen (secondary N) is 3. The quantitative estimate of drug-likeness (QED) is 0.691. The summed E-state index contributed by atoms with van der Waals surface area (Å²) >= 11 is 6.08. The number of anilines is 1. The van der Waals surface area contributed by atoms with Gasteiger partial charge in [-0.25, -0.2) is 0 Å². The molecule has 0 fully saturated rings. The monoisotopic (exact) mass is 374 g/mol. The number of likely N-dealkylation sites (N-methyl/N-ethyl adjacent to an activating group) is 1. The van der Waals surface area contributed by atoms with E-state index in [-0.39, 0.29) is 24.9 Å². The molecule has 0 saturated heterocycles. The van der Waals surface area contributed by atoms with E-state index in [4.69, 9.17) is 11.6 Å². The molecule has 0 heterocycles. The van der Waals surface area contributed by atoms with Crippen LogP contribution in [0.3, 0.4) is 0 Å². The van der Waals surface area contributed by atoms with Crippen LogP contribution < -0.4 is 15.5 Å².